The van der Waals surface area contributed by atoms with E-state index < -0.39 is 18.4 Å². The number of fused-ring (bicyclic) bond motifs is 2. The number of aliphatic hydroxyl groups is 1. The summed E-state index contributed by atoms with van der Waals surface area (Å²) in [5.41, 5.74) is 2.90. The van der Waals surface area contributed by atoms with Gasteiger partial charge in [-0.2, -0.15) is 0 Å². The Balaban J connectivity index is 1.72. The molecule has 5 aromatic rings. The van der Waals surface area contributed by atoms with E-state index in [2.05, 4.69) is 46.3 Å². The average molecular weight is 551 g/mol. The van der Waals surface area contributed by atoms with Crippen LogP contribution in [0.15, 0.2) is 132 Å². The second-order valence-corrected chi connectivity index (χ2v) is 13.1. The van der Waals surface area contributed by atoms with E-state index in [1.54, 1.807) is 6.08 Å². The maximum Gasteiger partial charge on any atom is 0.177 e. The van der Waals surface area contributed by atoms with Crippen molar-refractivity contribution in [1.82, 2.24) is 0 Å². The van der Waals surface area contributed by atoms with Gasteiger partial charge in [0.15, 0.2) is 12.5 Å². The van der Waals surface area contributed by atoms with Crippen molar-refractivity contribution in [2.24, 2.45) is 0 Å². The fourth-order valence-corrected chi connectivity index (χ4v) is 9.13. The summed E-state index contributed by atoms with van der Waals surface area (Å²) in [6, 6.07) is 39.3. The second-order valence-electron chi connectivity index (χ2n) is 9.17. The van der Waals surface area contributed by atoms with Crippen molar-refractivity contribution >= 4 is 50.5 Å². The third-order valence-corrected chi connectivity index (χ3v) is 11.1. The maximum atomic E-state index is 15.6. The van der Waals surface area contributed by atoms with E-state index in [-0.39, 0.29) is 0 Å². The van der Waals surface area contributed by atoms with Crippen LogP contribution in [0.2, 0.25) is 0 Å². The third kappa shape index (κ3) is 3.54. The number of hydrogen-bond acceptors (Lipinski definition) is 2. The molecule has 5 aromatic carbocycles. The topological polar surface area (TPSA) is 37.3 Å². The quantitative estimate of drug-likeness (QED) is 0.236. The van der Waals surface area contributed by atoms with Gasteiger partial charge in [-0.15, -0.1) is 0 Å². The lowest BCUT2D eigenvalue weighted by atomic mass is 9.78. The monoisotopic (exact) mass is 550 g/mol. The Labute approximate surface area is 219 Å². The highest BCUT2D eigenvalue weighted by Crippen LogP contribution is 2.64. The summed E-state index contributed by atoms with van der Waals surface area (Å²) in [5, 5.41) is 14.6. The van der Waals surface area contributed by atoms with Gasteiger partial charge in [-0.25, -0.2) is 0 Å². The molecule has 0 radical (unpaired) electrons. The molecule has 0 saturated heterocycles. The van der Waals surface area contributed by atoms with Crippen LogP contribution < -0.4 is 10.6 Å². The number of hydrogen-bond donors (Lipinski definition) is 1. The summed E-state index contributed by atoms with van der Waals surface area (Å²) in [7, 11) is -3.62. The number of benzene rings is 5. The molecule has 176 valence electrons. The van der Waals surface area contributed by atoms with Gasteiger partial charge in [0, 0.05) is 15.1 Å². The molecule has 4 heteroatoms. The molecule has 0 spiro atoms. The molecule has 1 aliphatic carbocycles. The zero-order chi connectivity index (χ0) is 24.8. The SMILES string of the molecule is O=P(c1ccccc1)(c1ccccc1)C1(O)C=Cc2cc(Br)ccc2C1c1cccc2ccccc12. The van der Waals surface area contributed by atoms with Crippen molar-refractivity contribution in [2.75, 3.05) is 0 Å². The molecule has 0 bridgehead atoms. The Hall–Kier alpha value is -3.23. The van der Waals surface area contributed by atoms with Gasteiger partial charge in [-0.1, -0.05) is 131 Å². The second kappa shape index (κ2) is 9.01. The van der Waals surface area contributed by atoms with Gasteiger partial charge in [0.2, 0.25) is 0 Å². The molecule has 0 fully saturated rings. The summed E-state index contributed by atoms with van der Waals surface area (Å²) < 4.78 is 16.5. The van der Waals surface area contributed by atoms with Crippen LogP contribution >= 0.6 is 23.1 Å². The van der Waals surface area contributed by atoms with E-state index in [9.17, 15) is 5.11 Å². The number of rotatable bonds is 4. The summed E-state index contributed by atoms with van der Waals surface area (Å²) >= 11 is 3.60. The van der Waals surface area contributed by atoms with Gasteiger partial charge in [0.05, 0.1) is 5.92 Å². The molecule has 1 aliphatic rings. The van der Waals surface area contributed by atoms with Crippen molar-refractivity contribution in [2.45, 2.75) is 11.3 Å². The first-order chi connectivity index (χ1) is 17.5. The van der Waals surface area contributed by atoms with E-state index in [1.807, 2.05) is 97.1 Å². The fourth-order valence-electron chi connectivity index (χ4n) is 5.51. The summed E-state index contributed by atoms with van der Waals surface area (Å²) in [5.74, 6) is -0.553. The average Bonchev–Trinajstić information content (AvgIpc) is 2.93. The van der Waals surface area contributed by atoms with Crippen LogP contribution in [0.5, 0.6) is 0 Å². The van der Waals surface area contributed by atoms with E-state index >= 15 is 4.57 Å². The molecule has 0 aliphatic heterocycles. The molecule has 0 saturated carbocycles. The number of halogens is 1. The van der Waals surface area contributed by atoms with Crippen molar-refractivity contribution in [3.8, 4) is 0 Å². The van der Waals surface area contributed by atoms with E-state index in [0.717, 1.165) is 31.9 Å². The third-order valence-electron chi connectivity index (χ3n) is 7.17. The first kappa shape index (κ1) is 23.2. The molecule has 6 rings (SSSR count). The van der Waals surface area contributed by atoms with Gasteiger partial charge in [0.1, 0.15) is 0 Å². The molecule has 36 heavy (non-hydrogen) atoms. The lowest BCUT2D eigenvalue weighted by Gasteiger charge is -2.44. The zero-order valence-corrected chi connectivity index (χ0v) is 21.9. The van der Waals surface area contributed by atoms with Gasteiger partial charge >= 0.3 is 0 Å². The molecule has 0 amide bonds. The highest BCUT2D eigenvalue weighted by molar-refractivity contribution is 9.10. The van der Waals surface area contributed by atoms with Crippen LogP contribution in [0.3, 0.4) is 0 Å². The molecule has 1 N–H and O–H groups in total. The zero-order valence-electron chi connectivity index (χ0n) is 19.5. The Morgan fingerprint density at radius 1 is 0.694 bits per heavy atom. The van der Waals surface area contributed by atoms with Crippen LogP contribution in [0.4, 0.5) is 0 Å². The van der Waals surface area contributed by atoms with Crippen molar-refractivity contribution in [3.05, 3.63) is 149 Å². The van der Waals surface area contributed by atoms with Gasteiger partial charge in [-0.05, 0) is 45.7 Å². The van der Waals surface area contributed by atoms with E-state index in [1.165, 1.54) is 0 Å². The Kier molecular flexibility index (Phi) is 5.80. The van der Waals surface area contributed by atoms with Crippen molar-refractivity contribution < 1.29 is 9.67 Å². The predicted octanol–water partition coefficient (Wildman–Crippen LogP) is 7.46. The molecule has 2 unspecified atom stereocenters. The Morgan fingerprint density at radius 2 is 1.31 bits per heavy atom. The summed E-state index contributed by atoms with van der Waals surface area (Å²) in [4.78, 5) is 0. The van der Waals surface area contributed by atoms with Crippen LogP contribution in [0.25, 0.3) is 16.8 Å². The molecular weight excluding hydrogens is 527 g/mol. The molecule has 2 atom stereocenters. The minimum Gasteiger partial charge on any atom is -0.376 e. The first-order valence-corrected chi connectivity index (χ1v) is 14.4. The smallest absolute Gasteiger partial charge is 0.177 e. The minimum absolute atomic E-state index is 0.553. The van der Waals surface area contributed by atoms with Gasteiger partial charge in [-0.3, -0.25) is 0 Å². The van der Waals surface area contributed by atoms with Crippen LogP contribution in [0.1, 0.15) is 22.6 Å². The van der Waals surface area contributed by atoms with Crippen molar-refractivity contribution in [1.29, 1.82) is 0 Å². The largest absolute Gasteiger partial charge is 0.376 e. The standard InChI is InChI=1S/C32H24BrO2P/c33-25-18-19-29-24(22-25)20-21-32(34,31(29)30-17-9-11-23-10-7-8-16-28(23)30)36(35,26-12-3-1-4-13-26)27-14-5-2-6-15-27/h1-22,31,34H. The first-order valence-electron chi connectivity index (χ1n) is 11.9. The predicted molar refractivity (Wildman–Crippen MR) is 154 cm³/mol. The molecule has 2 nitrogen and oxygen atoms in total. The van der Waals surface area contributed by atoms with Crippen LogP contribution in [0, 0.1) is 0 Å². The fraction of sp³-hybridized carbons (Fsp3) is 0.0625. The van der Waals surface area contributed by atoms with Gasteiger partial charge in [0.25, 0.3) is 0 Å². The van der Waals surface area contributed by atoms with E-state index in [4.69, 9.17) is 0 Å². The highest BCUT2D eigenvalue weighted by atomic mass is 79.9. The van der Waals surface area contributed by atoms with Crippen LogP contribution in [-0.2, 0) is 4.57 Å². The Bertz CT molecular complexity index is 1600. The normalized spacial score (nSPS) is 19.2. The maximum absolute atomic E-state index is 15.6. The summed E-state index contributed by atoms with van der Waals surface area (Å²) in [6.45, 7) is 0. The highest BCUT2D eigenvalue weighted by Gasteiger charge is 2.55. The van der Waals surface area contributed by atoms with E-state index in [0.29, 0.717) is 10.6 Å². The minimum atomic E-state index is -3.62. The van der Waals surface area contributed by atoms with Crippen molar-refractivity contribution in [3.63, 3.8) is 0 Å². The summed E-state index contributed by atoms with van der Waals surface area (Å²) in [6.07, 6.45) is 3.69. The lowest BCUT2D eigenvalue weighted by molar-refractivity contribution is 0.156. The lowest BCUT2D eigenvalue weighted by Crippen LogP contribution is -2.43. The molecule has 0 heterocycles. The molecule has 0 aromatic heterocycles. The van der Waals surface area contributed by atoms with Crippen LogP contribution in [-0.4, -0.2) is 10.4 Å². The van der Waals surface area contributed by atoms with Gasteiger partial charge < -0.3 is 9.67 Å². The Morgan fingerprint density at radius 3 is 2.00 bits per heavy atom. The molecular formula is C32H24BrO2P.